The van der Waals surface area contributed by atoms with Crippen LogP contribution in [-0.4, -0.2) is 25.5 Å². The van der Waals surface area contributed by atoms with Gasteiger partial charge in [0.1, 0.15) is 17.4 Å². The average molecular weight is 409 g/mol. The zero-order chi connectivity index (χ0) is 21.1. The second kappa shape index (κ2) is 8.46. The molecule has 1 N–H and O–H groups in total. The molecule has 0 aliphatic carbocycles. The van der Waals surface area contributed by atoms with E-state index in [2.05, 4.69) is 15.5 Å². The maximum Gasteiger partial charge on any atom is 0.282 e. The maximum absolute atomic E-state index is 13.1. The molecular formula is C19H19F4N5O. The topological polar surface area (TPSA) is 64.7 Å². The molecule has 1 aromatic carbocycles. The van der Waals surface area contributed by atoms with E-state index >= 15 is 0 Å². The summed E-state index contributed by atoms with van der Waals surface area (Å²) in [5.41, 5.74) is 0.949. The average Bonchev–Trinajstić information content (AvgIpc) is 3.28. The van der Waals surface area contributed by atoms with Gasteiger partial charge in [-0.25, -0.2) is 17.6 Å². The normalized spacial score (nSPS) is 12.6. The van der Waals surface area contributed by atoms with Crippen molar-refractivity contribution in [3.63, 3.8) is 0 Å². The largest absolute Gasteiger partial charge is 0.322 e. The minimum Gasteiger partial charge on any atom is -0.322 e. The fraction of sp³-hybridized carbons (Fsp3) is 0.316. The second-order valence-electron chi connectivity index (χ2n) is 6.62. The first-order chi connectivity index (χ1) is 13.7. The maximum atomic E-state index is 13.1. The Balaban J connectivity index is 1.71. The summed E-state index contributed by atoms with van der Waals surface area (Å²) in [6.45, 7) is 3.77. The Morgan fingerprint density at radius 3 is 2.59 bits per heavy atom. The summed E-state index contributed by atoms with van der Waals surface area (Å²) >= 11 is 0. The van der Waals surface area contributed by atoms with Gasteiger partial charge in [-0.3, -0.25) is 14.2 Å². The third kappa shape index (κ3) is 4.82. The van der Waals surface area contributed by atoms with Crippen LogP contribution in [0.15, 0.2) is 42.7 Å². The zero-order valence-corrected chi connectivity index (χ0v) is 15.7. The van der Waals surface area contributed by atoms with Crippen LogP contribution in [0.25, 0.3) is 0 Å². The van der Waals surface area contributed by atoms with Gasteiger partial charge in [0.25, 0.3) is 12.9 Å². The molecule has 1 amide bonds. The molecule has 29 heavy (non-hydrogen) atoms. The first kappa shape index (κ1) is 20.6. The number of amides is 1. The van der Waals surface area contributed by atoms with Crippen LogP contribution in [0.4, 0.5) is 23.2 Å². The van der Waals surface area contributed by atoms with E-state index in [-0.39, 0.29) is 0 Å². The van der Waals surface area contributed by atoms with Crippen LogP contribution in [0.3, 0.4) is 0 Å². The third-order valence-corrected chi connectivity index (χ3v) is 4.30. The minimum atomic E-state index is -3.04. The summed E-state index contributed by atoms with van der Waals surface area (Å²) in [5.74, 6) is -0.675. The molecule has 2 aromatic heterocycles. The number of carbonyl (C=O) groups excluding carboxylic acids is 1. The Bertz CT molecular complexity index is 998. The fourth-order valence-corrected chi connectivity index (χ4v) is 2.88. The smallest absolute Gasteiger partial charge is 0.282 e. The predicted octanol–water partition coefficient (Wildman–Crippen LogP) is 4.51. The highest BCUT2D eigenvalue weighted by Gasteiger charge is 2.27. The van der Waals surface area contributed by atoms with Crippen molar-refractivity contribution >= 4 is 11.6 Å². The van der Waals surface area contributed by atoms with E-state index in [1.807, 2.05) is 31.2 Å². The first-order valence-corrected chi connectivity index (χ1v) is 8.79. The number of hydrogen-bond acceptors (Lipinski definition) is 3. The molecule has 6 nitrogen and oxygen atoms in total. The van der Waals surface area contributed by atoms with Crippen molar-refractivity contribution < 1.29 is 22.4 Å². The summed E-state index contributed by atoms with van der Waals surface area (Å²) in [4.78, 5) is 12.4. The summed E-state index contributed by atoms with van der Waals surface area (Å²) in [6.07, 6.45) is -3.04. The lowest BCUT2D eigenvalue weighted by molar-refractivity contribution is -0.119. The fourth-order valence-electron chi connectivity index (χ4n) is 2.88. The van der Waals surface area contributed by atoms with Gasteiger partial charge in [0.15, 0.2) is 0 Å². The van der Waals surface area contributed by atoms with Crippen LogP contribution >= 0.6 is 0 Å². The molecule has 0 spiro atoms. The summed E-state index contributed by atoms with van der Waals surface area (Å²) in [5, 5.41) is 10.2. The molecular weight excluding hydrogens is 390 g/mol. The Hall–Kier alpha value is -3.17. The number of hydrogen-bond donors (Lipinski definition) is 1. The molecule has 0 aliphatic heterocycles. The van der Waals surface area contributed by atoms with Crippen molar-refractivity contribution in [3.8, 4) is 0 Å². The second-order valence-corrected chi connectivity index (χ2v) is 6.62. The molecule has 10 heteroatoms. The lowest BCUT2D eigenvalue weighted by Gasteiger charge is -2.14. The van der Waals surface area contributed by atoms with E-state index in [1.165, 1.54) is 13.1 Å². The van der Waals surface area contributed by atoms with E-state index in [0.29, 0.717) is 23.0 Å². The Morgan fingerprint density at radius 2 is 1.93 bits per heavy atom. The number of anilines is 1. The molecule has 0 bridgehead atoms. The molecule has 0 aliphatic rings. The van der Waals surface area contributed by atoms with Crippen molar-refractivity contribution in [2.75, 3.05) is 5.32 Å². The van der Waals surface area contributed by atoms with E-state index in [9.17, 15) is 22.4 Å². The van der Waals surface area contributed by atoms with Crippen molar-refractivity contribution in [1.29, 1.82) is 0 Å². The highest BCUT2D eigenvalue weighted by atomic mass is 19.3. The zero-order valence-electron chi connectivity index (χ0n) is 15.7. The molecule has 0 saturated heterocycles. The third-order valence-electron chi connectivity index (χ3n) is 4.30. The Morgan fingerprint density at radius 1 is 1.17 bits per heavy atom. The lowest BCUT2D eigenvalue weighted by atomic mass is 10.1. The molecule has 0 fully saturated rings. The number of nitrogens with one attached hydrogen (secondary N) is 1. The lowest BCUT2D eigenvalue weighted by Crippen LogP contribution is -2.25. The van der Waals surface area contributed by atoms with Gasteiger partial charge in [0.2, 0.25) is 5.91 Å². The minimum absolute atomic E-state index is 0.356. The van der Waals surface area contributed by atoms with Gasteiger partial charge in [0.05, 0.1) is 18.4 Å². The molecule has 0 saturated carbocycles. The van der Waals surface area contributed by atoms with Crippen LogP contribution in [0.1, 0.15) is 48.3 Å². The predicted molar refractivity (Wildman–Crippen MR) is 98.0 cm³/mol. The molecule has 154 valence electrons. The molecule has 3 rings (SSSR count). The Kier molecular flexibility index (Phi) is 6.00. The number of carbonyl (C=O) groups is 1. The van der Waals surface area contributed by atoms with Gasteiger partial charge in [-0.2, -0.15) is 10.2 Å². The Labute approximate surface area is 164 Å². The van der Waals surface area contributed by atoms with Crippen molar-refractivity contribution in [2.45, 2.75) is 39.3 Å². The van der Waals surface area contributed by atoms with Gasteiger partial charge in [-0.15, -0.1) is 0 Å². The SMILES string of the molecule is Cc1cccc(Cn2cc(NC(=O)C(C)n3nc(C(F)F)cc3C(F)F)cn2)c1. The van der Waals surface area contributed by atoms with Crippen molar-refractivity contribution in [2.24, 2.45) is 0 Å². The standard InChI is InChI=1S/C19H19F4N5O/c1-11-4-3-5-13(6-11)9-27-10-14(8-24-27)25-19(29)12(2)28-16(18(22)23)7-15(26-28)17(20)21/h3-8,10,12,17-18H,9H2,1-2H3,(H,25,29). The van der Waals surface area contributed by atoms with E-state index < -0.39 is 36.2 Å². The molecule has 2 heterocycles. The van der Waals surface area contributed by atoms with E-state index in [4.69, 9.17) is 0 Å². The number of rotatable bonds is 7. The number of benzene rings is 1. The van der Waals surface area contributed by atoms with Gasteiger partial charge in [0, 0.05) is 6.20 Å². The summed E-state index contributed by atoms with van der Waals surface area (Å²) in [7, 11) is 0. The number of halogens is 4. The van der Waals surface area contributed by atoms with E-state index in [1.54, 1.807) is 10.9 Å². The van der Waals surface area contributed by atoms with Gasteiger partial charge in [-0.05, 0) is 25.5 Å². The quantitative estimate of drug-likeness (QED) is 0.584. The summed E-state index contributed by atoms with van der Waals surface area (Å²) in [6, 6.07) is 7.25. The van der Waals surface area contributed by atoms with Gasteiger partial charge >= 0.3 is 0 Å². The molecule has 1 atom stereocenters. The number of alkyl halides is 4. The molecule has 3 aromatic rings. The van der Waals surface area contributed by atoms with Crippen molar-refractivity contribution in [3.05, 3.63) is 65.2 Å². The van der Waals surface area contributed by atoms with E-state index in [0.717, 1.165) is 11.1 Å². The first-order valence-electron chi connectivity index (χ1n) is 8.79. The monoisotopic (exact) mass is 409 g/mol. The van der Waals surface area contributed by atoms with Crippen LogP contribution in [0.2, 0.25) is 0 Å². The molecule has 0 radical (unpaired) electrons. The van der Waals surface area contributed by atoms with Crippen LogP contribution in [-0.2, 0) is 11.3 Å². The van der Waals surface area contributed by atoms with Gasteiger partial charge in [-0.1, -0.05) is 29.8 Å². The number of aromatic nitrogens is 4. The van der Waals surface area contributed by atoms with Crippen LogP contribution < -0.4 is 5.32 Å². The molecule has 1 unspecified atom stereocenters. The summed E-state index contributed by atoms with van der Waals surface area (Å²) < 4.78 is 54.1. The highest BCUT2D eigenvalue weighted by molar-refractivity contribution is 5.93. The number of aryl methyl sites for hydroxylation is 1. The highest BCUT2D eigenvalue weighted by Crippen LogP contribution is 2.27. The van der Waals surface area contributed by atoms with Gasteiger partial charge < -0.3 is 5.32 Å². The van der Waals surface area contributed by atoms with Crippen LogP contribution in [0, 0.1) is 6.92 Å². The van der Waals surface area contributed by atoms with Crippen molar-refractivity contribution in [1.82, 2.24) is 19.6 Å². The number of nitrogens with zero attached hydrogens (tertiary/aromatic N) is 4. The van der Waals surface area contributed by atoms with Crippen LogP contribution in [0.5, 0.6) is 0 Å².